The lowest BCUT2D eigenvalue weighted by atomic mass is 10.1. The second-order valence-corrected chi connectivity index (χ2v) is 9.18. The second-order valence-electron chi connectivity index (χ2n) is 9.18. The fourth-order valence-corrected chi connectivity index (χ4v) is 5.31. The van der Waals surface area contributed by atoms with Crippen LogP contribution in [0.3, 0.4) is 0 Å². The second kappa shape index (κ2) is 9.23. The minimum Gasteiger partial charge on any atom is -0.347 e. The number of likely N-dealkylation sites (N-methyl/N-ethyl adjacent to an activating group) is 1. The lowest BCUT2D eigenvalue weighted by molar-refractivity contribution is -0.121. The van der Waals surface area contributed by atoms with Gasteiger partial charge in [-0.2, -0.15) is 4.39 Å². The monoisotopic (exact) mass is 449 g/mol. The van der Waals surface area contributed by atoms with Crippen molar-refractivity contribution < 1.29 is 9.18 Å². The largest absolute Gasteiger partial charge is 0.347 e. The number of pyridine rings is 1. The van der Waals surface area contributed by atoms with Crippen molar-refractivity contribution in [2.75, 3.05) is 50.7 Å². The number of hydrogen-bond donors (Lipinski definition) is 0. The predicted molar refractivity (Wildman–Crippen MR) is 129 cm³/mol. The van der Waals surface area contributed by atoms with Crippen LogP contribution in [-0.2, 0) is 31.1 Å². The summed E-state index contributed by atoms with van der Waals surface area (Å²) < 4.78 is 15.3. The molecule has 0 atom stereocenters. The van der Waals surface area contributed by atoms with Gasteiger partial charge in [0.05, 0.1) is 12.1 Å². The van der Waals surface area contributed by atoms with E-state index in [1.54, 1.807) is 12.3 Å². The number of anilines is 1. The Morgan fingerprint density at radius 3 is 2.64 bits per heavy atom. The first kappa shape index (κ1) is 22.0. The minimum atomic E-state index is -0.461. The zero-order valence-electron chi connectivity index (χ0n) is 19.6. The number of halogens is 1. The highest BCUT2D eigenvalue weighted by atomic mass is 19.1. The highest BCUT2D eigenvalue weighted by Gasteiger charge is 2.26. The zero-order valence-corrected chi connectivity index (χ0v) is 19.6. The van der Waals surface area contributed by atoms with E-state index in [0.29, 0.717) is 13.1 Å². The van der Waals surface area contributed by atoms with E-state index in [0.717, 1.165) is 63.2 Å². The van der Waals surface area contributed by atoms with E-state index in [1.807, 2.05) is 4.90 Å². The number of carbonyl (C=O) groups excluding carboxylic acids is 1. The highest BCUT2D eigenvalue weighted by Crippen LogP contribution is 2.32. The maximum absolute atomic E-state index is 13.0. The molecule has 3 aromatic rings. The molecule has 4 heterocycles. The molecule has 5 rings (SSSR count). The van der Waals surface area contributed by atoms with Crippen LogP contribution in [0.1, 0.15) is 23.7 Å². The summed E-state index contributed by atoms with van der Waals surface area (Å²) in [5.41, 5.74) is 6.11. The van der Waals surface area contributed by atoms with Gasteiger partial charge in [-0.1, -0.05) is 19.1 Å². The number of benzene rings is 1. The van der Waals surface area contributed by atoms with E-state index < -0.39 is 5.95 Å². The molecule has 2 aromatic heterocycles. The van der Waals surface area contributed by atoms with Gasteiger partial charge in [-0.25, -0.2) is 4.98 Å². The van der Waals surface area contributed by atoms with E-state index >= 15 is 0 Å². The number of nitrogens with zero attached hydrogens (tertiary/aromatic N) is 5. The first-order valence-corrected chi connectivity index (χ1v) is 12.0. The van der Waals surface area contributed by atoms with Gasteiger partial charge in [0.15, 0.2) is 0 Å². The standard InChI is InChI=1S/C26H32FN5O/c1-3-30-12-9-22-21-6-5-20(16-24(21)29(2)23(22)10-13-30)32-15-14-31(18-26(32)33)11-8-19-4-7-25(27)28-17-19/h4-7,16-17H,3,8-15,18H2,1-2H3. The van der Waals surface area contributed by atoms with Gasteiger partial charge in [-0.15, -0.1) is 0 Å². The molecule has 174 valence electrons. The average molecular weight is 450 g/mol. The van der Waals surface area contributed by atoms with Crippen molar-refractivity contribution in [2.24, 2.45) is 7.05 Å². The maximum atomic E-state index is 13.0. The van der Waals surface area contributed by atoms with Gasteiger partial charge in [0.1, 0.15) is 0 Å². The maximum Gasteiger partial charge on any atom is 0.241 e. The summed E-state index contributed by atoms with van der Waals surface area (Å²) in [5, 5.41) is 1.33. The summed E-state index contributed by atoms with van der Waals surface area (Å²) in [6.07, 6.45) is 4.49. The molecule has 1 aromatic carbocycles. The van der Waals surface area contributed by atoms with E-state index in [2.05, 4.69) is 51.5 Å². The van der Waals surface area contributed by atoms with Gasteiger partial charge >= 0.3 is 0 Å². The lowest BCUT2D eigenvalue weighted by Crippen LogP contribution is -2.50. The molecule has 0 N–H and O–H groups in total. The van der Waals surface area contributed by atoms with Crippen LogP contribution in [0.2, 0.25) is 0 Å². The fourth-order valence-electron chi connectivity index (χ4n) is 5.31. The number of amides is 1. The molecule has 0 spiro atoms. The van der Waals surface area contributed by atoms with Crippen LogP contribution in [0.5, 0.6) is 0 Å². The number of fused-ring (bicyclic) bond motifs is 3. The SMILES string of the molecule is CCN1CCc2c(n(C)c3cc(N4CCN(CCc5ccc(F)nc5)CC4=O)ccc23)CC1. The van der Waals surface area contributed by atoms with Crippen LogP contribution < -0.4 is 4.90 Å². The number of carbonyl (C=O) groups is 1. The van der Waals surface area contributed by atoms with Crippen molar-refractivity contribution in [3.63, 3.8) is 0 Å². The average Bonchev–Trinajstić information content (AvgIpc) is 2.97. The van der Waals surface area contributed by atoms with Crippen LogP contribution in [-0.4, -0.2) is 71.1 Å². The van der Waals surface area contributed by atoms with Gasteiger partial charge in [0.2, 0.25) is 11.9 Å². The number of aryl methyl sites for hydroxylation is 1. The summed E-state index contributed by atoms with van der Waals surface area (Å²) in [4.78, 5) is 23.3. The highest BCUT2D eigenvalue weighted by molar-refractivity contribution is 5.98. The van der Waals surface area contributed by atoms with Crippen molar-refractivity contribution in [3.05, 3.63) is 59.3 Å². The molecule has 7 heteroatoms. The van der Waals surface area contributed by atoms with Gasteiger partial charge < -0.3 is 14.4 Å². The van der Waals surface area contributed by atoms with Crippen LogP contribution in [0.15, 0.2) is 36.5 Å². The van der Waals surface area contributed by atoms with Gasteiger partial charge in [0, 0.05) is 69.2 Å². The van der Waals surface area contributed by atoms with Crippen LogP contribution >= 0.6 is 0 Å². The van der Waals surface area contributed by atoms with Gasteiger partial charge in [-0.05, 0) is 48.7 Å². The molecule has 1 amide bonds. The van der Waals surface area contributed by atoms with Crippen LogP contribution in [0.25, 0.3) is 10.9 Å². The third kappa shape index (κ3) is 4.39. The summed E-state index contributed by atoms with van der Waals surface area (Å²) in [6, 6.07) is 9.67. The Bertz CT molecular complexity index is 1160. The Labute approximate surface area is 194 Å². The van der Waals surface area contributed by atoms with Crippen LogP contribution in [0, 0.1) is 5.95 Å². The molecule has 6 nitrogen and oxygen atoms in total. The molecular formula is C26H32FN5O. The summed E-state index contributed by atoms with van der Waals surface area (Å²) in [7, 11) is 2.16. The number of piperazine rings is 1. The Kier molecular flexibility index (Phi) is 6.17. The Morgan fingerprint density at radius 1 is 1.03 bits per heavy atom. The van der Waals surface area contributed by atoms with E-state index in [1.165, 1.54) is 28.2 Å². The molecule has 0 bridgehead atoms. The Morgan fingerprint density at radius 2 is 1.88 bits per heavy atom. The minimum absolute atomic E-state index is 0.132. The Hall–Kier alpha value is -2.77. The first-order valence-electron chi connectivity index (χ1n) is 12.0. The topological polar surface area (TPSA) is 44.6 Å². The van der Waals surface area contributed by atoms with Crippen molar-refractivity contribution in [2.45, 2.75) is 26.2 Å². The van der Waals surface area contributed by atoms with E-state index in [9.17, 15) is 9.18 Å². The molecule has 0 radical (unpaired) electrons. The summed E-state index contributed by atoms with van der Waals surface area (Å²) in [6.45, 7) is 8.24. The fraction of sp³-hybridized carbons (Fsp3) is 0.462. The van der Waals surface area contributed by atoms with E-state index in [4.69, 9.17) is 0 Å². The number of rotatable bonds is 5. The van der Waals surface area contributed by atoms with Crippen molar-refractivity contribution in [1.29, 1.82) is 0 Å². The predicted octanol–water partition coefficient (Wildman–Crippen LogP) is 3.02. The lowest BCUT2D eigenvalue weighted by Gasteiger charge is -2.34. The summed E-state index contributed by atoms with van der Waals surface area (Å²) in [5.74, 6) is -0.329. The quantitative estimate of drug-likeness (QED) is 0.562. The summed E-state index contributed by atoms with van der Waals surface area (Å²) >= 11 is 0. The molecule has 0 aliphatic carbocycles. The third-order valence-corrected chi connectivity index (χ3v) is 7.33. The van der Waals surface area contributed by atoms with E-state index in [-0.39, 0.29) is 5.91 Å². The first-order chi connectivity index (χ1) is 16.0. The normalized spacial score (nSPS) is 18.0. The molecule has 1 saturated heterocycles. The van der Waals surface area contributed by atoms with Gasteiger partial charge in [-0.3, -0.25) is 9.69 Å². The zero-order chi connectivity index (χ0) is 22.9. The smallest absolute Gasteiger partial charge is 0.241 e. The third-order valence-electron chi connectivity index (χ3n) is 7.33. The van der Waals surface area contributed by atoms with Crippen LogP contribution in [0.4, 0.5) is 10.1 Å². The molecule has 2 aliphatic rings. The number of aromatic nitrogens is 2. The Balaban J connectivity index is 1.28. The van der Waals surface area contributed by atoms with Gasteiger partial charge in [0.25, 0.3) is 0 Å². The number of hydrogen-bond acceptors (Lipinski definition) is 4. The molecule has 1 fully saturated rings. The molecule has 0 unspecified atom stereocenters. The molecule has 0 saturated carbocycles. The van der Waals surface area contributed by atoms with Crippen molar-refractivity contribution >= 4 is 22.5 Å². The van der Waals surface area contributed by atoms with Crippen molar-refractivity contribution in [1.82, 2.24) is 19.4 Å². The molecule has 2 aliphatic heterocycles. The van der Waals surface area contributed by atoms with Crippen molar-refractivity contribution in [3.8, 4) is 0 Å². The molecule has 33 heavy (non-hydrogen) atoms. The molecular weight excluding hydrogens is 417 g/mol.